The lowest BCUT2D eigenvalue weighted by Crippen LogP contribution is -2.32. The molecule has 0 radical (unpaired) electrons. The highest BCUT2D eigenvalue weighted by molar-refractivity contribution is 6.35. The number of aryl methyl sites for hydroxylation is 2. The Morgan fingerprint density at radius 2 is 2.13 bits per heavy atom. The van der Waals surface area contributed by atoms with E-state index in [0.29, 0.717) is 21.6 Å². The minimum atomic E-state index is -0.348. The lowest BCUT2D eigenvalue weighted by molar-refractivity contribution is -0.116. The first-order chi connectivity index (χ1) is 11.0. The summed E-state index contributed by atoms with van der Waals surface area (Å²) in [7, 11) is 0. The molecule has 1 amide bonds. The second-order valence-corrected chi connectivity index (χ2v) is 6.35. The lowest BCUT2D eigenvalue weighted by Gasteiger charge is -2.12. The van der Waals surface area contributed by atoms with Crippen molar-refractivity contribution in [3.05, 3.63) is 55.7 Å². The van der Waals surface area contributed by atoms with Crippen LogP contribution in [0.5, 0.6) is 0 Å². The molecule has 0 aliphatic heterocycles. The summed E-state index contributed by atoms with van der Waals surface area (Å²) in [5.74, 6) is 0.196. The first-order valence-corrected chi connectivity index (χ1v) is 8.05. The number of nitrogens with one attached hydrogen (secondary N) is 1. The highest BCUT2D eigenvalue weighted by Crippen LogP contribution is 2.25. The Hall–Kier alpha value is -1.85. The summed E-state index contributed by atoms with van der Waals surface area (Å²) in [5.41, 5.74) is 1.88. The number of aromatic nitrogens is 2. The summed E-state index contributed by atoms with van der Waals surface area (Å²) in [6, 6.07) is 4.81. The van der Waals surface area contributed by atoms with Gasteiger partial charge in [-0.05, 0) is 44.4 Å². The van der Waals surface area contributed by atoms with Crippen LogP contribution in [0.1, 0.15) is 23.5 Å². The summed E-state index contributed by atoms with van der Waals surface area (Å²) in [5, 5.41) is 3.54. The van der Waals surface area contributed by atoms with Gasteiger partial charge in [-0.1, -0.05) is 23.2 Å². The van der Waals surface area contributed by atoms with Crippen molar-refractivity contribution in [2.75, 3.05) is 5.32 Å². The van der Waals surface area contributed by atoms with E-state index < -0.39 is 0 Å². The Morgan fingerprint density at radius 3 is 2.91 bits per heavy atom. The van der Waals surface area contributed by atoms with Crippen molar-refractivity contribution in [2.45, 2.75) is 32.7 Å². The van der Waals surface area contributed by atoms with Crippen LogP contribution < -0.4 is 10.9 Å². The maximum absolute atomic E-state index is 12.5. The minimum Gasteiger partial charge on any atom is -0.323 e. The number of carbonyl (C=O) groups excluding carboxylic acids is 1. The molecule has 1 aliphatic rings. The molecule has 0 fully saturated rings. The average molecular weight is 352 g/mol. The predicted octanol–water partition coefficient (Wildman–Crippen LogP) is 2.99. The zero-order valence-electron chi connectivity index (χ0n) is 12.5. The minimum absolute atomic E-state index is 0.103. The Balaban J connectivity index is 1.84. The van der Waals surface area contributed by atoms with Gasteiger partial charge in [0.25, 0.3) is 5.56 Å². The van der Waals surface area contributed by atoms with Gasteiger partial charge in [0.15, 0.2) is 0 Å². The molecule has 120 valence electrons. The molecule has 1 aliphatic carbocycles. The first kappa shape index (κ1) is 16.0. The molecule has 0 saturated heterocycles. The number of anilines is 1. The molecule has 1 N–H and O–H groups in total. The van der Waals surface area contributed by atoms with Crippen molar-refractivity contribution in [3.63, 3.8) is 0 Å². The number of fused-ring (bicyclic) bond motifs is 1. The topological polar surface area (TPSA) is 64.0 Å². The van der Waals surface area contributed by atoms with Crippen molar-refractivity contribution in [2.24, 2.45) is 0 Å². The van der Waals surface area contributed by atoms with Gasteiger partial charge in [-0.25, -0.2) is 4.98 Å². The smallest absolute Gasteiger partial charge is 0.257 e. The van der Waals surface area contributed by atoms with Gasteiger partial charge < -0.3 is 5.32 Å². The van der Waals surface area contributed by atoms with Crippen molar-refractivity contribution in [3.8, 4) is 0 Å². The molecule has 0 bridgehead atoms. The van der Waals surface area contributed by atoms with Gasteiger partial charge in [0, 0.05) is 10.6 Å². The van der Waals surface area contributed by atoms with Crippen LogP contribution in [0.4, 0.5) is 5.69 Å². The summed E-state index contributed by atoms with van der Waals surface area (Å²) in [6.07, 6.45) is 2.49. The normalized spacial score (nSPS) is 13.0. The number of amides is 1. The number of hydrogen-bond donors (Lipinski definition) is 1. The molecule has 0 atom stereocenters. The third kappa shape index (κ3) is 3.26. The summed E-state index contributed by atoms with van der Waals surface area (Å²) < 4.78 is 1.40. The number of hydrogen-bond acceptors (Lipinski definition) is 3. The predicted molar refractivity (Wildman–Crippen MR) is 90.4 cm³/mol. The summed E-state index contributed by atoms with van der Waals surface area (Å²) >= 11 is 11.9. The van der Waals surface area contributed by atoms with Gasteiger partial charge in [0.05, 0.1) is 16.4 Å². The van der Waals surface area contributed by atoms with E-state index in [-0.39, 0.29) is 18.0 Å². The molecule has 0 unspecified atom stereocenters. The Kier molecular flexibility index (Phi) is 4.41. The SMILES string of the molecule is Cc1nc2c(c(=O)n1CC(=O)Nc1cc(Cl)ccc1Cl)CCC2. The number of rotatable bonds is 3. The highest BCUT2D eigenvalue weighted by atomic mass is 35.5. The van der Waals surface area contributed by atoms with Crippen LogP contribution in [-0.4, -0.2) is 15.5 Å². The quantitative estimate of drug-likeness (QED) is 0.924. The average Bonchev–Trinajstić information content (AvgIpc) is 2.95. The van der Waals surface area contributed by atoms with E-state index in [4.69, 9.17) is 23.2 Å². The van der Waals surface area contributed by atoms with Crippen molar-refractivity contribution >= 4 is 34.8 Å². The second kappa shape index (κ2) is 6.34. The summed E-state index contributed by atoms with van der Waals surface area (Å²) in [6.45, 7) is 1.63. The van der Waals surface area contributed by atoms with E-state index in [1.165, 1.54) is 4.57 Å². The van der Waals surface area contributed by atoms with E-state index in [9.17, 15) is 9.59 Å². The number of halogens is 2. The molecule has 1 aromatic carbocycles. The van der Waals surface area contributed by atoms with E-state index >= 15 is 0 Å². The van der Waals surface area contributed by atoms with Gasteiger partial charge in [0.2, 0.25) is 5.91 Å². The van der Waals surface area contributed by atoms with Crippen LogP contribution in [-0.2, 0) is 24.2 Å². The monoisotopic (exact) mass is 351 g/mol. The molecule has 5 nitrogen and oxygen atoms in total. The van der Waals surface area contributed by atoms with Gasteiger partial charge in [0.1, 0.15) is 12.4 Å². The van der Waals surface area contributed by atoms with Crippen molar-refractivity contribution in [1.29, 1.82) is 0 Å². The molecule has 0 saturated carbocycles. The maximum Gasteiger partial charge on any atom is 0.257 e. The Morgan fingerprint density at radius 1 is 1.35 bits per heavy atom. The molecule has 23 heavy (non-hydrogen) atoms. The maximum atomic E-state index is 12.5. The summed E-state index contributed by atoms with van der Waals surface area (Å²) in [4.78, 5) is 29.2. The standard InChI is InChI=1S/C16H15Cl2N3O2/c1-9-19-13-4-2-3-11(13)16(23)21(9)8-15(22)20-14-7-10(17)5-6-12(14)18/h5-7H,2-4,8H2,1H3,(H,20,22). The van der Waals surface area contributed by atoms with Gasteiger partial charge in [-0.2, -0.15) is 0 Å². The van der Waals surface area contributed by atoms with E-state index in [1.807, 2.05) is 0 Å². The Bertz CT molecular complexity index is 846. The van der Waals surface area contributed by atoms with Crippen molar-refractivity contribution < 1.29 is 4.79 Å². The molecular formula is C16H15Cl2N3O2. The van der Waals surface area contributed by atoms with Crippen LogP contribution in [0.3, 0.4) is 0 Å². The van der Waals surface area contributed by atoms with E-state index in [1.54, 1.807) is 25.1 Å². The molecule has 1 aromatic heterocycles. The highest BCUT2D eigenvalue weighted by Gasteiger charge is 2.20. The third-order valence-corrected chi connectivity index (χ3v) is 4.45. The van der Waals surface area contributed by atoms with Gasteiger partial charge in [-0.3, -0.25) is 14.2 Å². The lowest BCUT2D eigenvalue weighted by atomic mass is 10.2. The fourth-order valence-electron chi connectivity index (χ4n) is 2.76. The molecule has 7 heteroatoms. The fourth-order valence-corrected chi connectivity index (χ4v) is 3.10. The molecule has 0 spiro atoms. The number of carbonyl (C=O) groups is 1. The first-order valence-electron chi connectivity index (χ1n) is 7.30. The molecule has 2 aromatic rings. The largest absolute Gasteiger partial charge is 0.323 e. The van der Waals surface area contributed by atoms with E-state index in [0.717, 1.165) is 30.5 Å². The van der Waals surface area contributed by atoms with Crippen LogP contribution in [0, 0.1) is 6.92 Å². The third-order valence-electron chi connectivity index (χ3n) is 3.88. The van der Waals surface area contributed by atoms with Crippen LogP contribution in [0.2, 0.25) is 10.0 Å². The van der Waals surface area contributed by atoms with E-state index in [2.05, 4.69) is 10.3 Å². The van der Waals surface area contributed by atoms with Crippen LogP contribution in [0.25, 0.3) is 0 Å². The number of benzene rings is 1. The molecule has 1 heterocycles. The van der Waals surface area contributed by atoms with Crippen LogP contribution >= 0.6 is 23.2 Å². The molecule has 3 rings (SSSR count). The molecular weight excluding hydrogens is 337 g/mol. The van der Waals surface area contributed by atoms with Gasteiger partial charge in [-0.15, -0.1) is 0 Å². The fraction of sp³-hybridized carbons (Fsp3) is 0.312. The van der Waals surface area contributed by atoms with Crippen LogP contribution in [0.15, 0.2) is 23.0 Å². The second-order valence-electron chi connectivity index (χ2n) is 5.50. The zero-order chi connectivity index (χ0) is 16.6. The van der Waals surface area contributed by atoms with Gasteiger partial charge >= 0.3 is 0 Å². The number of nitrogens with zero attached hydrogens (tertiary/aromatic N) is 2. The van der Waals surface area contributed by atoms with Crippen molar-refractivity contribution in [1.82, 2.24) is 9.55 Å². The Labute approximate surface area is 143 Å². The zero-order valence-corrected chi connectivity index (χ0v) is 14.0.